The number of hydrogen-bond acceptors (Lipinski definition) is 6. The van der Waals surface area contributed by atoms with Gasteiger partial charge in [0.15, 0.2) is 0 Å². The van der Waals surface area contributed by atoms with Gasteiger partial charge in [0.2, 0.25) is 18.2 Å². The van der Waals surface area contributed by atoms with Crippen molar-refractivity contribution in [3.8, 4) is 0 Å². The van der Waals surface area contributed by atoms with Crippen LogP contribution in [0.4, 0.5) is 0 Å². The Balaban J connectivity index is -0.0000000959. The lowest BCUT2D eigenvalue weighted by molar-refractivity contribution is 0.504. The van der Waals surface area contributed by atoms with Crippen LogP contribution < -0.4 is 0 Å². The Bertz CT molecular complexity index is 217. The van der Waals surface area contributed by atoms with Crippen LogP contribution >= 0.6 is 0 Å². The maximum Gasteiger partial charge on any atom is 0.231 e. The van der Waals surface area contributed by atoms with E-state index in [9.17, 15) is 0 Å². The van der Waals surface area contributed by atoms with E-state index in [1.807, 2.05) is 0 Å². The van der Waals surface area contributed by atoms with Gasteiger partial charge in [-0.15, -0.1) is 0 Å². The van der Waals surface area contributed by atoms with Gasteiger partial charge in [-0.05, 0) is 0 Å². The summed E-state index contributed by atoms with van der Waals surface area (Å²) in [5.74, 6) is 0. The van der Waals surface area contributed by atoms with Crippen molar-refractivity contribution >= 4 is 18.2 Å². The maximum absolute atomic E-state index is 8.35. The molecule has 6 heteroatoms. The van der Waals surface area contributed by atoms with Crippen molar-refractivity contribution in [2.24, 2.45) is 0 Å². The summed E-state index contributed by atoms with van der Waals surface area (Å²) in [6.45, 7) is 0. The Hall–Kier alpha value is -1.86. The highest BCUT2D eigenvalue weighted by Gasteiger charge is 1.96. The van der Waals surface area contributed by atoms with Gasteiger partial charge in [-0.3, -0.25) is 0 Å². The smallest absolute Gasteiger partial charge is 0.222 e. The van der Waals surface area contributed by atoms with E-state index in [1.54, 1.807) is 0 Å². The minimum atomic E-state index is 0. The third-order valence-electron chi connectivity index (χ3n) is 3.00. The van der Waals surface area contributed by atoms with Crippen LogP contribution in [-0.4, -0.2) is 18.2 Å². The van der Waals surface area contributed by atoms with Gasteiger partial charge in [0.25, 0.3) is 0 Å². The van der Waals surface area contributed by atoms with E-state index < -0.39 is 0 Å². The molecule has 0 aromatic rings. The second kappa shape index (κ2) is 36.5. The van der Waals surface area contributed by atoms with E-state index in [1.165, 1.54) is 77.0 Å². The molecular weight excluding hydrogens is 282 g/mol. The molecule has 2 rings (SSSR count). The fourth-order valence-corrected chi connectivity index (χ4v) is 2.12. The molecule has 0 aromatic carbocycles. The van der Waals surface area contributed by atoms with Crippen molar-refractivity contribution < 1.29 is 14.4 Å². The Morgan fingerprint density at radius 2 is 0.455 bits per heavy atom. The molecule has 0 aromatic heterocycles. The quantitative estimate of drug-likeness (QED) is 0.429. The van der Waals surface area contributed by atoms with E-state index in [2.05, 4.69) is 0 Å². The van der Waals surface area contributed by atoms with Gasteiger partial charge >= 0.3 is 0 Å². The summed E-state index contributed by atoms with van der Waals surface area (Å²) in [7, 11) is 0. The molecule has 6 nitrogen and oxygen atoms in total. The molecule has 3 N–H and O–H groups in total. The Morgan fingerprint density at radius 3 is 0.500 bits per heavy atom. The molecule has 2 aliphatic rings. The van der Waals surface area contributed by atoms with Crippen LogP contribution in [0.2, 0.25) is 0 Å². The first kappa shape index (κ1) is 28.3. The average molecular weight is 313 g/mol. The summed E-state index contributed by atoms with van der Waals surface area (Å²) in [4.78, 5) is 25.0. The molecule has 128 valence electrons. The predicted octanol–water partition coefficient (Wildman–Crippen LogP) is 5.02. The van der Waals surface area contributed by atoms with Crippen molar-refractivity contribution in [3.05, 3.63) is 0 Å². The third-order valence-corrected chi connectivity index (χ3v) is 3.00. The molecule has 0 amide bonds. The van der Waals surface area contributed by atoms with Crippen LogP contribution in [0.25, 0.3) is 0 Å². The third kappa shape index (κ3) is 51.8. The summed E-state index contributed by atoms with van der Waals surface area (Å²) in [5, 5.41) is 16.2. The molecule has 2 aliphatic carbocycles. The van der Waals surface area contributed by atoms with Crippen LogP contribution in [0.1, 0.15) is 84.5 Å². The van der Waals surface area contributed by atoms with Crippen LogP contribution in [0.15, 0.2) is 0 Å². The van der Waals surface area contributed by atoms with Crippen molar-refractivity contribution in [3.63, 3.8) is 0 Å². The number of hydrogen-bond donors (Lipinski definition) is 3. The highest BCUT2D eigenvalue weighted by atomic mass is 16.1. The molecule has 2 saturated carbocycles. The first-order chi connectivity index (χ1) is 10.2. The molecule has 0 heterocycles. The summed E-state index contributed by atoms with van der Waals surface area (Å²) in [5.41, 5.74) is 0. The first-order valence-electron chi connectivity index (χ1n) is 7.36. The minimum absolute atomic E-state index is 0. The molecule has 0 aliphatic heterocycles. The lowest BCUT2D eigenvalue weighted by Gasteiger charge is -2.05. The summed E-state index contributed by atoms with van der Waals surface area (Å²) in [6.07, 6.45) is 20.2. The second-order valence-electron chi connectivity index (χ2n) is 4.55. The van der Waals surface area contributed by atoms with Crippen LogP contribution in [0, 0.1) is 16.2 Å². The molecule has 22 heavy (non-hydrogen) atoms. The highest BCUT2D eigenvalue weighted by molar-refractivity contribution is 5.26. The molecule has 0 bridgehead atoms. The zero-order valence-corrected chi connectivity index (χ0v) is 12.7. The molecule has 0 saturated heterocycles. The predicted molar refractivity (Wildman–Crippen MR) is 87.4 cm³/mol. The monoisotopic (exact) mass is 313 g/mol. The molecule has 2 fully saturated rings. The zero-order chi connectivity index (χ0) is 16.6. The van der Waals surface area contributed by atoms with Gasteiger partial charge in [-0.2, -0.15) is 0 Å². The average Bonchev–Trinajstić information content (AvgIpc) is 2.54. The van der Waals surface area contributed by atoms with E-state index in [0.717, 1.165) is 18.2 Å². The van der Waals surface area contributed by atoms with Crippen molar-refractivity contribution in [1.29, 1.82) is 16.2 Å². The second-order valence-corrected chi connectivity index (χ2v) is 4.55. The van der Waals surface area contributed by atoms with E-state index in [4.69, 9.17) is 30.6 Å². The van der Waals surface area contributed by atoms with E-state index in [-0.39, 0.29) is 7.43 Å². The van der Waals surface area contributed by atoms with Gasteiger partial charge in [0.1, 0.15) is 0 Å². The van der Waals surface area contributed by atoms with Crippen molar-refractivity contribution in [1.82, 2.24) is 0 Å². The van der Waals surface area contributed by atoms with Gasteiger partial charge in [-0.25, -0.2) is 30.6 Å². The number of carbonyl (C=O) groups excluding carboxylic acids is 3. The Kier molecular flexibility index (Phi) is 47.0. The van der Waals surface area contributed by atoms with Crippen molar-refractivity contribution in [2.75, 3.05) is 0 Å². The molecular formula is C16H31N3O3. The van der Waals surface area contributed by atoms with E-state index >= 15 is 0 Å². The van der Waals surface area contributed by atoms with Gasteiger partial charge in [0.05, 0.1) is 0 Å². The maximum atomic E-state index is 8.35. The van der Waals surface area contributed by atoms with Gasteiger partial charge in [0, 0.05) is 0 Å². The van der Waals surface area contributed by atoms with E-state index in [0.29, 0.717) is 0 Å². The SMILES string of the molecule is C.C1CCCCC1.C1CCCCC1.N=C=O.N=C=O.N=C=O. The number of rotatable bonds is 0. The summed E-state index contributed by atoms with van der Waals surface area (Å²) < 4.78 is 0. The standard InChI is InChI=1S/2C6H12.3CHNO.CH4/c2*1-2-4-6-5-3-1;3*2-1-3;/h2*1-6H2;3*2H;1H4. The fraction of sp³-hybridized carbons (Fsp3) is 0.812. The molecule has 0 atom stereocenters. The van der Waals surface area contributed by atoms with Gasteiger partial charge in [-0.1, -0.05) is 84.5 Å². The van der Waals surface area contributed by atoms with Crippen molar-refractivity contribution in [2.45, 2.75) is 84.5 Å². The topological polar surface area (TPSA) is 123 Å². The Labute approximate surface area is 134 Å². The summed E-state index contributed by atoms with van der Waals surface area (Å²) in [6, 6.07) is 0. The van der Waals surface area contributed by atoms with Crippen LogP contribution in [0.3, 0.4) is 0 Å². The van der Waals surface area contributed by atoms with Crippen LogP contribution in [-0.2, 0) is 14.4 Å². The summed E-state index contributed by atoms with van der Waals surface area (Å²) >= 11 is 0. The minimum Gasteiger partial charge on any atom is -0.222 e. The number of nitrogens with one attached hydrogen (secondary N) is 3. The zero-order valence-electron chi connectivity index (χ0n) is 12.7. The van der Waals surface area contributed by atoms with Gasteiger partial charge < -0.3 is 0 Å². The van der Waals surface area contributed by atoms with Crippen LogP contribution in [0.5, 0.6) is 0 Å². The highest BCUT2D eigenvalue weighted by Crippen LogP contribution is 2.15. The lowest BCUT2D eigenvalue weighted by Crippen LogP contribution is -1.85. The normalized spacial score (nSPS) is 14.2. The molecule has 0 radical (unpaired) electrons. The first-order valence-corrected chi connectivity index (χ1v) is 7.36. The largest absolute Gasteiger partial charge is 0.231 e. The molecule has 0 unspecified atom stereocenters. The number of isocyanates is 3. The fourth-order valence-electron chi connectivity index (χ4n) is 2.12. The lowest BCUT2D eigenvalue weighted by atomic mass is 10.0. The molecule has 0 spiro atoms. The Morgan fingerprint density at radius 1 is 0.409 bits per heavy atom.